The standard InChI is InChI=1S/C15H29N3O5/c1-9(2)11(18-14(22)23-15(3,4)5)12(19)17-10(13(20)21)7-6-8-16/h9-11H,6-8,16H2,1-5H3,(H,17,19)(H,18,22)(H,20,21)/t10-,11-/m0/s1. The Morgan fingerprint density at radius 1 is 1.17 bits per heavy atom. The van der Waals surface area contributed by atoms with Gasteiger partial charge in [0.15, 0.2) is 0 Å². The van der Waals surface area contributed by atoms with Gasteiger partial charge >= 0.3 is 12.1 Å². The highest BCUT2D eigenvalue weighted by molar-refractivity contribution is 5.89. The maximum atomic E-state index is 12.3. The Bertz CT molecular complexity index is 418. The summed E-state index contributed by atoms with van der Waals surface area (Å²) in [6, 6.07) is -1.92. The molecule has 0 aromatic heterocycles. The van der Waals surface area contributed by atoms with Crippen LogP contribution in [0.3, 0.4) is 0 Å². The molecule has 0 radical (unpaired) electrons. The van der Waals surface area contributed by atoms with Gasteiger partial charge in [-0.3, -0.25) is 4.79 Å². The molecule has 8 nitrogen and oxygen atoms in total. The first kappa shape index (κ1) is 21.2. The third kappa shape index (κ3) is 9.02. The average molecular weight is 331 g/mol. The second-order valence-electron chi connectivity index (χ2n) is 6.70. The van der Waals surface area contributed by atoms with E-state index in [0.29, 0.717) is 13.0 Å². The minimum Gasteiger partial charge on any atom is -0.480 e. The largest absolute Gasteiger partial charge is 0.480 e. The average Bonchev–Trinajstić information content (AvgIpc) is 2.37. The monoisotopic (exact) mass is 331 g/mol. The Hall–Kier alpha value is -1.83. The third-order valence-corrected chi connectivity index (χ3v) is 2.93. The van der Waals surface area contributed by atoms with Crippen LogP contribution >= 0.6 is 0 Å². The van der Waals surface area contributed by atoms with Gasteiger partial charge in [0.05, 0.1) is 0 Å². The van der Waals surface area contributed by atoms with Gasteiger partial charge in [-0.25, -0.2) is 9.59 Å². The summed E-state index contributed by atoms with van der Waals surface area (Å²) in [6.07, 6.45) is -0.0158. The number of nitrogens with two attached hydrogens (primary N) is 1. The van der Waals surface area contributed by atoms with Crippen LogP contribution < -0.4 is 16.4 Å². The predicted octanol–water partition coefficient (Wildman–Crippen LogP) is 0.844. The Morgan fingerprint density at radius 3 is 2.13 bits per heavy atom. The van der Waals surface area contributed by atoms with Crippen LogP contribution in [0.1, 0.15) is 47.5 Å². The Labute approximate surface area is 137 Å². The molecule has 0 saturated heterocycles. The second-order valence-corrected chi connectivity index (χ2v) is 6.70. The molecule has 0 fully saturated rings. The molecule has 0 saturated carbocycles. The number of aliphatic carboxylic acids is 1. The summed E-state index contributed by atoms with van der Waals surface area (Å²) in [5, 5.41) is 14.1. The van der Waals surface area contributed by atoms with Crippen LogP contribution in [0.5, 0.6) is 0 Å². The first-order chi connectivity index (χ1) is 10.5. The third-order valence-electron chi connectivity index (χ3n) is 2.93. The summed E-state index contributed by atoms with van der Waals surface area (Å²) < 4.78 is 5.12. The smallest absolute Gasteiger partial charge is 0.408 e. The molecule has 2 amide bonds. The molecule has 8 heteroatoms. The summed E-state index contributed by atoms with van der Waals surface area (Å²) in [4.78, 5) is 35.3. The van der Waals surface area contributed by atoms with E-state index in [2.05, 4.69) is 10.6 Å². The fraction of sp³-hybridized carbons (Fsp3) is 0.800. The number of carboxylic acids is 1. The van der Waals surface area contributed by atoms with Crippen LogP contribution in [0.2, 0.25) is 0 Å². The van der Waals surface area contributed by atoms with E-state index in [1.54, 1.807) is 34.6 Å². The lowest BCUT2D eigenvalue weighted by atomic mass is 10.0. The summed E-state index contributed by atoms with van der Waals surface area (Å²) >= 11 is 0. The van der Waals surface area contributed by atoms with Crippen molar-refractivity contribution in [3.63, 3.8) is 0 Å². The maximum Gasteiger partial charge on any atom is 0.408 e. The van der Waals surface area contributed by atoms with E-state index in [4.69, 9.17) is 15.6 Å². The van der Waals surface area contributed by atoms with Crippen LogP contribution in [0.15, 0.2) is 0 Å². The Morgan fingerprint density at radius 2 is 1.74 bits per heavy atom. The van der Waals surface area contributed by atoms with Crippen molar-refractivity contribution < 1.29 is 24.2 Å². The highest BCUT2D eigenvalue weighted by atomic mass is 16.6. The molecule has 0 bridgehead atoms. The Kier molecular flexibility index (Phi) is 8.60. The van der Waals surface area contributed by atoms with Gasteiger partial charge in [0.2, 0.25) is 5.91 Å². The lowest BCUT2D eigenvalue weighted by Gasteiger charge is -2.26. The first-order valence-electron chi connectivity index (χ1n) is 7.70. The van der Waals surface area contributed by atoms with Crippen molar-refractivity contribution in [2.45, 2.75) is 65.1 Å². The molecule has 0 aliphatic heterocycles. The van der Waals surface area contributed by atoms with Crippen molar-refractivity contribution in [2.24, 2.45) is 11.7 Å². The molecule has 0 aliphatic rings. The van der Waals surface area contributed by atoms with Crippen molar-refractivity contribution in [1.29, 1.82) is 0 Å². The number of carboxylic acid groups (broad SMARTS) is 1. The van der Waals surface area contributed by atoms with Crippen LogP contribution in [0.4, 0.5) is 4.79 Å². The van der Waals surface area contributed by atoms with Gasteiger partial charge in [-0.2, -0.15) is 0 Å². The van der Waals surface area contributed by atoms with Gasteiger partial charge in [-0.05, 0) is 46.1 Å². The number of alkyl carbamates (subject to hydrolysis) is 1. The molecule has 0 spiro atoms. The zero-order valence-corrected chi connectivity index (χ0v) is 14.5. The van der Waals surface area contributed by atoms with Gasteiger partial charge in [-0.1, -0.05) is 13.8 Å². The van der Waals surface area contributed by atoms with Crippen LogP contribution in [0.25, 0.3) is 0 Å². The van der Waals surface area contributed by atoms with Crippen molar-refractivity contribution in [2.75, 3.05) is 6.54 Å². The van der Waals surface area contributed by atoms with Crippen LogP contribution in [-0.2, 0) is 14.3 Å². The normalized spacial score (nSPS) is 14.0. The van der Waals surface area contributed by atoms with E-state index >= 15 is 0 Å². The van der Waals surface area contributed by atoms with Crippen molar-refractivity contribution in [1.82, 2.24) is 10.6 Å². The van der Waals surface area contributed by atoms with E-state index in [1.807, 2.05) is 0 Å². The number of ether oxygens (including phenoxy) is 1. The molecule has 23 heavy (non-hydrogen) atoms. The zero-order chi connectivity index (χ0) is 18.2. The number of rotatable bonds is 8. The zero-order valence-electron chi connectivity index (χ0n) is 14.5. The van der Waals surface area contributed by atoms with E-state index < -0.39 is 35.7 Å². The highest BCUT2D eigenvalue weighted by Gasteiger charge is 2.29. The number of amides is 2. The van der Waals surface area contributed by atoms with Crippen molar-refractivity contribution >= 4 is 18.0 Å². The highest BCUT2D eigenvalue weighted by Crippen LogP contribution is 2.09. The fourth-order valence-corrected chi connectivity index (χ4v) is 1.81. The number of carbonyl (C=O) groups excluding carboxylic acids is 2. The molecular formula is C15H29N3O5. The molecule has 5 N–H and O–H groups in total. The number of hydrogen-bond acceptors (Lipinski definition) is 5. The molecule has 0 unspecified atom stereocenters. The van der Waals surface area contributed by atoms with Crippen molar-refractivity contribution in [3.8, 4) is 0 Å². The number of carbonyl (C=O) groups is 3. The quantitative estimate of drug-likeness (QED) is 0.521. The predicted molar refractivity (Wildman–Crippen MR) is 85.9 cm³/mol. The molecule has 0 aromatic rings. The van der Waals surface area contributed by atoms with Gasteiger partial charge < -0.3 is 26.2 Å². The molecule has 0 heterocycles. The molecule has 2 atom stereocenters. The van der Waals surface area contributed by atoms with Crippen LogP contribution in [0, 0.1) is 5.92 Å². The number of hydrogen-bond donors (Lipinski definition) is 4. The molecular weight excluding hydrogens is 302 g/mol. The molecule has 0 aromatic carbocycles. The van der Waals surface area contributed by atoms with Gasteiger partial charge in [0.1, 0.15) is 17.7 Å². The topological polar surface area (TPSA) is 131 Å². The lowest BCUT2D eigenvalue weighted by molar-refractivity contribution is -0.142. The van der Waals surface area contributed by atoms with Gasteiger partial charge in [0, 0.05) is 0 Å². The summed E-state index contributed by atoms with van der Waals surface area (Å²) in [7, 11) is 0. The Balaban J connectivity index is 4.84. The molecule has 134 valence electrons. The minimum absolute atomic E-state index is 0.230. The van der Waals surface area contributed by atoms with E-state index in [1.165, 1.54) is 0 Å². The lowest BCUT2D eigenvalue weighted by Crippen LogP contribution is -2.54. The van der Waals surface area contributed by atoms with Crippen molar-refractivity contribution in [3.05, 3.63) is 0 Å². The van der Waals surface area contributed by atoms with E-state index in [0.717, 1.165) is 0 Å². The first-order valence-corrected chi connectivity index (χ1v) is 7.70. The van der Waals surface area contributed by atoms with Gasteiger partial charge in [-0.15, -0.1) is 0 Å². The number of nitrogens with one attached hydrogen (secondary N) is 2. The fourth-order valence-electron chi connectivity index (χ4n) is 1.81. The summed E-state index contributed by atoms with van der Waals surface area (Å²) in [6.45, 7) is 8.97. The maximum absolute atomic E-state index is 12.3. The van der Waals surface area contributed by atoms with E-state index in [-0.39, 0.29) is 12.3 Å². The SMILES string of the molecule is CC(C)[C@H](NC(=O)OC(C)(C)C)C(=O)N[C@@H](CCCN)C(=O)O. The van der Waals surface area contributed by atoms with Gasteiger partial charge in [0.25, 0.3) is 0 Å². The minimum atomic E-state index is -1.13. The summed E-state index contributed by atoms with van der Waals surface area (Å²) in [5.41, 5.74) is 4.67. The summed E-state index contributed by atoms with van der Waals surface area (Å²) in [5.74, 6) is -1.92. The molecule has 0 aliphatic carbocycles. The van der Waals surface area contributed by atoms with E-state index in [9.17, 15) is 14.4 Å². The second kappa shape index (κ2) is 9.34. The van der Waals surface area contributed by atoms with Crippen LogP contribution in [-0.4, -0.2) is 47.3 Å². The molecule has 0 rings (SSSR count).